The summed E-state index contributed by atoms with van der Waals surface area (Å²) in [6.07, 6.45) is 3.39. The first-order chi connectivity index (χ1) is 8.28. The van der Waals surface area contributed by atoms with Crippen molar-refractivity contribution >= 4 is 15.9 Å². The van der Waals surface area contributed by atoms with E-state index in [1.807, 2.05) is 19.2 Å². The van der Waals surface area contributed by atoms with Gasteiger partial charge in [-0.15, -0.1) is 0 Å². The Balaban J connectivity index is 1.98. The third-order valence-corrected chi connectivity index (χ3v) is 3.03. The zero-order valence-electron chi connectivity index (χ0n) is 9.74. The maximum absolute atomic E-state index is 5.45. The molecule has 0 unspecified atom stereocenters. The van der Waals surface area contributed by atoms with Crippen molar-refractivity contribution in [2.75, 3.05) is 13.6 Å². The average Bonchev–Trinajstić information content (AvgIpc) is 2.77. The molecule has 2 rings (SSSR count). The summed E-state index contributed by atoms with van der Waals surface area (Å²) in [6, 6.07) is 8.20. The normalized spacial score (nSPS) is 10.7. The van der Waals surface area contributed by atoms with Gasteiger partial charge in [0.15, 0.2) is 5.89 Å². The molecule has 0 aliphatic rings. The molecule has 1 heterocycles. The summed E-state index contributed by atoms with van der Waals surface area (Å²) in [5.41, 5.74) is 2.21. The van der Waals surface area contributed by atoms with Crippen LogP contribution in [0.3, 0.4) is 0 Å². The van der Waals surface area contributed by atoms with Crippen molar-refractivity contribution in [3.63, 3.8) is 0 Å². The fraction of sp³-hybridized carbons (Fsp3) is 0.308. The third kappa shape index (κ3) is 3.68. The Morgan fingerprint density at radius 3 is 2.76 bits per heavy atom. The van der Waals surface area contributed by atoms with Crippen LogP contribution in [0.2, 0.25) is 0 Å². The van der Waals surface area contributed by atoms with Crippen LogP contribution in [0.5, 0.6) is 0 Å². The fourth-order valence-electron chi connectivity index (χ4n) is 1.57. The van der Waals surface area contributed by atoms with Gasteiger partial charge in [-0.3, -0.25) is 0 Å². The summed E-state index contributed by atoms with van der Waals surface area (Å²) >= 11 is 3.42. The number of nitrogens with one attached hydrogen (secondary N) is 1. The maximum Gasteiger partial charge on any atom is 0.198 e. The minimum absolute atomic E-state index is 0.743. The summed E-state index contributed by atoms with van der Waals surface area (Å²) in [5.74, 6) is 0.776. The highest BCUT2D eigenvalue weighted by atomic mass is 79.9. The predicted molar refractivity (Wildman–Crippen MR) is 71.1 cm³/mol. The monoisotopic (exact) mass is 294 g/mol. The summed E-state index contributed by atoms with van der Waals surface area (Å²) in [5, 5.41) is 3.09. The lowest BCUT2D eigenvalue weighted by atomic mass is 10.1. The predicted octanol–water partition coefficient (Wildman–Crippen LogP) is 2.79. The van der Waals surface area contributed by atoms with Crippen LogP contribution in [-0.4, -0.2) is 18.6 Å². The molecule has 0 saturated heterocycles. The zero-order valence-corrected chi connectivity index (χ0v) is 11.3. The van der Waals surface area contributed by atoms with Crippen molar-refractivity contribution in [1.82, 2.24) is 10.3 Å². The van der Waals surface area contributed by atoms with E-state index in [-0.39, 0.29) is 0 Å². The number of aromatic nitrogens is 1. The average molecular weight is 295 g/mol. The fourth-order valence-corrected chi connectivity index (χ4v) is 1.84. The molecule has 1 aromatic carbocycles. The van der Waals surface area contributed by atoms with Crippen LogP contribution in [0.4, 0.5) is 0 Å². The molecule has 1 N–H and O–H groups in total. The van der Waals surface area contributed by atoms with E-state index in [4.69, 9.17) is 4.42 Å². The molecular weight excluding hydrogens is 280 g/mol. The van der Waals surface area contributed by atoms with Gasteiger partial charge in [0, 0.05) is 23.9 Å². The lowest BCUT2D eigenvalue weighted by molar-refractivity contribution is 0.506. The maximum atomic E-state index is 5.45. The number of oxazole rings is 1. The first-order valence-corrected chi connectivity index (χ1v) is 6.39. The van der Waals surface area contributed by atoms with Crippen LogP contribution >= 0.6 is 15.9 Å². The van der Waals surface area contributed by atoms with Crippen molar-refractivity contribution < 1.29 is 4.42 Å². The molecule has 0 radical (unpaired) electrons. The first-order valence-electron chi connectivity index (χ1n) is 5.60. The van der Waals surface area contributed by atoms with E-state index in [0.717, 1.165) is 35.4 Å². The summed E-state index contributed by atoms with van der Waals surface area (Å²) in [4.78, 5) is 4.45. The Hall–Kier alpha value is -1.13. The molecule has 0 fully saturated rings. The number of hydrogen-bond donors (Lipinski definition) is 1. The SMILES string of the molecule is CNCCc1coc(Cc2ccc(Br)cc2)n1. The van der Waals surface area contributed by atoms with Gasteiger partial charge < -0.3 is 9.73 Å². The van der Waals surface area contributed by atoms with Crippen molar-refractivity contribution in [3.05, 3.63) is 52.1 Å². The van der Waals surface area contributed by atoms with Gasteiger partial charge in [0.1, 0.15) is 6.26 Å². The molecule has 3 nitrogen and oxygen atoms in total. The van der Waals surface area contributed by atoms with Crippen LogP contribution < -0.4 is 5.32 Å². The quantitative estimate of drug-likeness (QED) is 0.921. The third-order valence-electron chi connectivity index (χ3n) is 2.50. The van der Waals surface area contributed by atoms with Gasteiger partial charge in [0.2, 0.25) is 0 Å². The molecule has 0 saturated carbocycles. The summed E-state index contributed by atoms with van der Waals surface area (Å²) in [7, 11) is 1.93. The Bertz CT molecular complexity index is 465. The molecule has 0 atom stereocenters. The Morgan fingerprint density at radius 1 is 1.29 bits per heavy atom. The largest absolute Gasteiger partial charge is 0.448 e. The highest BCUT2D eigenvalue weighted by Gasteiger charge is 2.04. The van der Waals surface area contributed by atoms with Crippen LogP contribution in [0.15, 0.2) is 39.4 Å². The van der Waals surface area contributed by atoms with E-state index in [9.17, 15) is 0 Å². The van der Waals surface area contributed by atoms with E-state index < -0.39 is 0 Å². The molecule has 0 aliphatic heterocycles. The molecule has 0 bridgehead atoms. The summed E-state index contributed by atoms with van der Waals surface area (Å²) in [6.45, 7) is 0.921. The van der Waals surface area contributed by atoms with Crippen LogP contribution in [0.1, 0.15) is 17.1 Å². The van der Waals surface area contributed by atoms with Crippen LogP contribution in [-0.2, 0) is 12.8 Å². The van der Waals surface area contributed by atoms with Gasteiger partial charge in [0.25, 0.3) is 0 Å². The van der Waals surface area contributed by atoms with E-state index in [0.29, 0.717) is 0 Å². The number of halogens is 1. The van der Waals surface area contributed by atoms with Crippen LogP contribution in [0, 0.1) is 0 Å². The molecule has 2 aromatic rings. The molecule has 0 amide bonds. The topological polar surface area (TPSA) is 38.1 Å². The van der Waals surface area contributed by atoms with E-state index in [2.05, 4.69) is 38.4 Å². The molecule has 0 aliphatic carbocycles. The second-order valence-electron chi connectivity index (χ2n) is 3.89. The Kier molecular flexibility index (Phi) is 4.34. The molecule has 4 heteroatoms. The van der Waals surface area contributed by atoms with Gasteiger partial charge >= 0.3 is 0 Å². The lowest BCUT2D eigenvalue weighted by Gasteiger charge is -1.97. The number of rotatable bonds is 5. The molecule has 1 aromatic heterocycles. The molecule has 90 valence electrons. The standard InChI is InChI=1S/C13H15BrN2O/c1-15-7-6-12-9-17-13(16-12)8-10-2-4-11(14)5-3-10/h2-5,9,15H,6-8H2,1H3. The second-order valence-corrected chi connectivity index (χ2v) is 4.81. The second kappa shape index (κ2) is 5.98. The van der Waals surface area contributed by atoms with E-state index in [1.165, 1.54) is 5.56 Å². The molecule has 0 spiro atoms. The number of benzene rings is 1. The van der Waals surface area contributed by atoms with Gasteiger partial charge in [-0.2, -0.15) is 0 Å². The number of nitrogens with zero attached hydrogens (tertiary/aromatic N) is 1. The highest BCUT2D eigenvalue weighted by molar-refractivity contribution is 9.10. The smallest absolute Gasteiger partial charge is 0.198 e. The first kappa shape index (κ1) is 12.3. The minimum atomic E-state index is 0.743. The zero-order chi connectivity index (χ0) is 12.1. The lowest BCUT2D eigenvalue weighted by Crippen LogP contribution is -2.10. The number of likely N-dealkylation sites (N-methyl/N-ethyl adjacent to an activating group) is 1. The van der Waals surface area contributed by atoms with Gasteiger partial charge in [-0.1, -0.05) is 28.1 Å². The minimum Gasteiger partial charge on any atom is -0.448 e. The molecule has 17 heavy (non-hydrogen) atoms. The van der Waals surface area contributed by atoms with Crippen molar-refractivity contribution in [1.29, 1.82) is 0 Å². The van der Waals surface area contributed by atoms with Crippen molar-refractivity contribution in [3.8, 4) is 0 Å². The van der Waals surface area contributed by atoms with E-state index in [1.54, 1.807) is 6.26 Å². The van der Waals surface area contributed by atoms with Gasteiger partial charge in [-0.25, -0.2) is 4.98 Å². The Labute approximate surface area is 109 Å². The Morgan fingerprint density at radius 2 is 2.06 bits per heavy atom. The van der Waals surface area contributed by atoms with Gasteiger partial charge in [-0.05, 0) is 24.7 Å². The molecular formula is C13H15BrN2O. The summed E-state index contributed by atoms with van der Waals surface area (Å²) < 4.78 is 6.53. The van der Waals surface area contributed by atoms with Gasteiger partial charge in [0.05, 0.1) is 5.69 Å². The highest BCUT2D eigenvalue weighted by Crippen LogP contribution is 2.14. The van der Waals surface area contributed by atoms with Crippen molar-refractivity contribution in [2.24, 2.45) is 0 Å². The van der Waals surface area contributed by atoms with E-state index >= 15 is 0 Å². The number of hydrogen-bond acceptors (Lipinski definition) is 3. The van der Waals surface area contributed by atoms with Crippen LogP contribution in [0.25, 0.3) is 0 Å². The van der Waals surface area contributed by atoms with Crippen molar-refractivity contribution in [2.45, 2.75) is 12.8 Å².